The average molecular weight is 500 g/mol. The molecular weight excluding hydrogens is 477 g/mol. The highest BCUT2D eigenvalue weighted by Crippen LogP contribution is 2.45. The van der Waals surface area contributed by atoms with Gasteiger partial charge in [0.05, 0.1) is 13.2 Å². The van der Waals surface area contributed by atoms with Gasteiger partial charge in [-0.25, -0.2) is 4.79 Å². The number of Topliss-reactive ketones (excluding diaryl/α,β-unsaturated/α-hetero) is 1. The number of aliphatic hydroxyl groups is 1. The lowest BCUT2D eigenvalue weighted by molar-refractivity contribution is -0.287. The van der Waals surface area contributed by atoms with Gasteiger partial charge in [0.2, 0.25) is 5.72 Å². The molecule has 0 unspecified atom stereocenters. The van der Waals surface area contributed by atoms with Crippen molar-refractivity contribution in [3.63, 3.8) is 0 Å². The van der Waals surface area contributed by atoms with E-state index in [4.69, 9.17) is 9.47 Å². The Bertz CT molecular complexity index is 1240. The van der Waals surface area contributed by atoms with Gasteiger partial charge in [-0.2, -0.15) is 13.2 Å². The van der Waals surface area contributed by atoms with Crippen LogP contribution in [-0.4, -0.2) is 35.9 Å². The van der Waals surface area contributed by atoms with Crippen molar-refractivity contribution in [1.29, 1.82) is 0 Å². The Hall–Kier alpha value is -4.05. The second-order valence-electron chi connectivity index (χ2n) is 8.23. The number of carbonyl (C=O) groups excluding carboxylic acids is 2. The van der Waals surface area contributed by atoms with Crippen LogP contribution < -0.4 is 20.1 Å². The maximum atomic E-state index is 14.1. The lowest BCUT2D eigenvalue weighted by Gasteiger charge is -2.45. The van der Waals surface area contributed by atoms with E-state index in [1.54, 1.807) is 6.07 Å². The standard InChI is InChI=1S/C26H23F3N2O5/c1-35-20-14-18(12-13-19(20)36-15-16-8-4-2-5-9-16)22-21(23(32)17-10-6-3-7-11-17)25(34,26(27,28)29)31-24(33)30-22/h2-14,21-22,34H,15H2,1H3,(H2,30,31,33)/t21-,22-,25+/m0/s1. The number of halogens is 3. The number of carbonyl (C=O) groups is 2. The Morgan fingerprint density at radius 1 is 1.00 bits per heavy atom. The van der Waals surface area contributed by atoms with Gasteiger partial charge in [-0.05, 0) is 23.3 Å². The zero-order valence-electron chi connectivity index (χ0n) is 19.1. The summed E-state index contributed by atoms with van der Waals surface area (Å²) in [5.74, 6) is -2.66. The van der Waals surface area contributed by atoms with Crippen LogP contribution in [0, 0.1) is 5.92 Å². The highest BCUT2D eigenvalue weighted by atomic mass is 19.4. The van der Waals surface area contributed by atoms with Gasteiger partial charge in [0.15, 0.2) is 17.3 Å². The summed E-state index contributed by atoms with van der Waals surface area (Å²) < 4.78 is 53.5. The van der Waals surface area contributed by atoms with E-state index in [9.17, 15) is 27.9 Å². The van der Waals surface area contributed by atoms with E-state index in [0.717, 1.165) is 5.56 Å². The third-order valence-corrected chi connectivity index (χ3v) is 5.93. The predicted molar refractivity (Wildman–Crippen MR) is 123 cm³/mol. The van der Waals surface area contributed by atoms with Crippen molar-refractivity contribution in [1.82, 2.24) is 10.6 Å². The van der Waals surface area contributed by atoms with E-state index in [2.05, 4.69) is 5.32 Å². The van der Waals surface area contributed by atoms with Crippen LogP contribution in [0.3, 0.4) is 0 Å². The minimum absolute atomic E-state index is 0.0529. The highest BCUT2D eigenvalue weighted by Gasteiger charge is 2.66. The monoisotopic (exact) mass is 500 g/mol. The molecule has 4 rings (SSSR count). The first-order valence-corrected chi connectivity index (χ1v) is 11.0. The fraction of sp³-hybridized carbons (Fsp3) is 0.231. The maximum Gasteiger partial charge on any atom is 0.437 e. The van der Waals surface area contributed by atoms with Gasteiger partial charge < -0.3 is 25.2 Å². The van der Waals surface area contributed by atoms with Crippen LogP contribution in [0.5, 0.6) is 11.5 Å². The average Bonchev–Trinajstić information content (AvgIpc) is 2.87. The van der Waals surface area contributed by atoms with Crippen molar-refractivity contribution >= 4 is 11.8 Å². The zero-order valence-corrected chi connectivity index (χ0v) is 19.1. The van der Waals surface area contributed by atoms with Crippen LogP contribution >= 0.6 is 0 Å². The number of methoxy groups -OCH3 is 1. The molecule has 3 atom stereocenters. The van der Waals surface area contributed by atoms with Gasteiger partial charge in [-0.15, -0.1) is 0 Å². The number of hydrogen-bond acceptors (Lipinski definition) is 5. The van der Waals surface area contributed by atoms with Crippen LogP contribution in [0.15, 0.2) is 78.9 Å². The highest BCUT2D eigenvalue weighted by molar-refractivity contribution is 6.00. The van der Waals surface area contributed by atoms with Crippen molar-refractivity contribution in [2.24, 2.45) is 5.92 Å². The first-order chi connectivity index (χ1) is 17.1. The lowest BCUT2D eigenvalue weighted by atomic mass is 9.77. The first kappa shape index (κ1) is 25.1. The number of alkyl halides is 3. The quantitative estimate of drug-likeness (QED) is 0.419. The summed E-state index contributed by atoms with van der Waals surface area (Å²) in [7, 11) is 1.36. The molecule has 3 N–H and O–H groups in total. The number of hydrogen-bond donors (Lipinski definition) is 3. The van der Waals surface area contributed by atoms with Gasteiger partial charge in [-0.1, -0.05) is 66.7 Å². The Kier molecular flexibility index (Phi) is 6.89. The molecule has 7 nitrogen and oxygen atoms in total. The normalized spacial score (nSPS) is 21.8. The number of urea groups is 1. The molecule has 188 valence electrons. The fourth-order valence-electron chi connectivity index (χ4n) is 4.13. The Morgan fingerprint density at radius 2 is 1.64 bits per heavy atom. The van der Waals surface area contributed by atoms with E-state index in [0.29, 0.717) is 5.75 Å². The summed E-state index contributed by atoms with van der Waals surface area (Å²) in [4.78, 5) is 25.6. The smallest absolute Gasteiger partial charge is 0.437 e. The van der Waals surface area contributed by atoms with Crippen LogP contribution in [0.4, 0.5) is 18.0 Å². The van der Waals surface area contributed by atoms with Crippen molar-refractivity contribution < 1.29 is 37.3 Å². The summed E-state index contributed by atoms with van der Waals surface area (Å²) in [5.41, 5.74) is -2.87. The number of ketones is 1. The molecule has 0 bridgehead atoms. The molecule has 10 heteroatoms. The van der Waals surface area contributed by atoms with Crippen molar-refractivity contribution in [2.45, 2.75) is 24.6 Å². The molecule has 0 aromatic heterocycles. The third-order valence-electron chi connectivity index (χ3n) is 5.93. The summed E-state index contributed by atoms with van der Waals surface area (Å²) in [6.45, 7) is 0.212. The van der Waals surface area contributed by atoms with E-state index < -0.39 is 35.7 Å². The minimum atomic E-state index is -5.35. The number of benzene rings is 3. The Balaban J connectivity index is 1.73. The second-order valence-corrected chi connectivity index (χ2v) is 8.23. The van der Waals surface area contributed by atoms with Gasteiger partial charge in [0, 0.05) is 5.56 Å². The molecule has 2 amide bonds. The van der Waals surface area contributed by atoms with Crippen LogP contribution in [0.25, 0.3) is 0 Å². The van der Waals surface area contributed by atoms with Crippen LogP contribution in [-0.2, 0) is 6.61 Å². The number of amides is 2. The summed E-state index contributed by atoms with van der Waals surface area (Å²) >= 11 is 0. The molecular formula is C26H23F3N2O5. The van der Waals surface area contributed by atoms with Crippen LogP contribution in [0.1, 0.15) is 27.5 Å². The number of ether oxygens (including phenoxy) is 2. The van der Waals surface area contributed by atoms with Gasteiger partial charge in [-0.3, -0.25) is 4.79 Å². The number of rotatable bonds is 7. The fourth-order valence-corrected chi connectivity index (χ4v) is 4.13. The van der Waals surface area contributed by atoms with Crippen molar-refractivity contribution in [3.8, 4) is 11.5 Å². The molecule has 0 spiro atoms. The molecule has 1 aliphatic heterocycles. The molecule has 0 radical (unpaired) electrons. The molecule has 3 aromatic carbocycles. The molecule has 0 saturated carbocycles. The maximum absolute atomic E-state index is 14.1. The van der Waals surface area contributed by atoms with Gasteiger partial charge in [0.25, 0.3) is 0 Å². The first-order valence-electron chi connectivity index (χ1n) is 11.0. The third kappa shape index (κ3) is 4.85. The summed E-state index contributed by atoms with van der Waals surface area (Å²) in [6, 6.07) is 18.0. The Labute approximate surface area is 204 Å². The van der Waals surface area contributed by atoms with Crippen molar-refractivity contribution in [3.05, 3.63) is 95.6 Å². The molecule has 1 aliphatic rings. The predicted octanol–water partition coefficient (Wildman–Crippen LogP) is 4.38. The topological polar surface area (TPSA) is 96.9 Å². The SMILES string of the molecule is COc1cc([C@@H]2NC(=O)N[C@](O)(C(F)(F)F)[C@@H]2C(=O)c2ccccc2)ccc1OCc1ccccc1. The van der Waals surface area contributed by atoms with E-state index in [1.165, 1.54) is 54.9 Å². The van der Waals surface area contributed by atoms with E-state index in [1.807, 2.05) is 30.3 Å². The number of nitrogens with one attached hydrogen (secondary N) is 2. The summed E-state index contributed by atoms with van der Waals surface area (Å²) in [5, 5.41) is 14.6. The summed E-state index contributed by atoms with van der Waals surface area (Å²) in [6.07, 6.45) is -5.35. The Morgan fingerprint density at radius 3 is 2.25 bits per heavy atom. The molecule has 1 fully saturated rings. The van der Waals surface area contributed by atoms with E-state index in [-0.39, 0.29) is 23.5 Å². The molecule has 36 heavy (non-hydrogen) atoms. The minimum Gasteiger partial charge on any atom is -0.493 e. The lowest BCUT2D eigenvalue weighted by Crippen LogP contribution is -2.72. The molecule has 1 heterocycles. The van der Waals surface area contributed by atoms with Gasteiger partial charge in [0.1, 0.15) is 12.5 Å². The largest absolute Gasteiger partial charge is 0.493 e. The van der Waals surface area contributed by atoms with E-state index >= 15 is 0 Å². The van der Waals surface area contributed by atoms with Crippen LogP contribution in [0.2, 0.25) is 0 Å². The molecule has 3 aromatic rings. The molecule has 0 aliphatic carbocycles. The van der Waals surface area contributed by atoms with Crippen molar-refractivity contribution in [2.75, 3.05) is 7.11 Å². The zero-order chi connectivity index (χ0) is 25.9. The molecule has 1 saturated heterocycles. The van der Waals surface area contributed by atoms with Gasteiger partial charge >= 0.3 is 12.2 Å². The second kappa shape index (κ2) is 9.90.